The molecule has 1 unspecified atom stereocenters. The van der Waals surface area contributed by atoms with Crippen molar-refractivity contribution in [3.05, 3.63) is 36.0 Å². The standard InChI is InChI=1S/C15H18FN3O/c1-20-14-5-4-10(7-12(14)16)13-9-18-15(19-13)11-3-2-6-17-8-11/h4-5,7,9,11,17H,2-3,6,8H2,1H3,(H,18,19). The van der Waals surface area contributed by atoms with Crippen molar-refractivity contribution in [1.29, 1.82) is 0 Å². The van der Waals surface area contributed by atoms with Crippen LogP contribution in [0.5, 0.6) is 5.75 Å². The van der Waals surface area contributed by atoms with Crippen LogP contribution in [0.4, 0.5) is 4.39 Å². The average molecular weight is 275 g/mol. The molecule has 106 valence electrons. The Morgan fingerprint density at radius 2 is 2.30 bits per heavy atom. The first kappa shape index (κ1) is 13.1. The molecule has 20 heavy (non-hydrogen) atoms. The highest BCUT2D eigenvalue weighted by Gasteiger charge is 2.18. The third-order valence-corrected chi connectivity index (χ3v) is 3.74. The second-order valence-corrected chi connectivity index (χ2v) is 5.07. The van der Waals surface area contributed by atoms with E-state index >= 15 is 0 Å². The van der Waals surface area contributed by atoms with Gasteiger partial charge in [-0.2, -0.15) is 0 Å². The lowest BCUT2D eigenvalue weighted by atomic mass is 9.99. The van der Waals surface area contributed by atoms with Gasteiger partial charge in [-0.15, -0.1) is 0 Å². The highest BCUT2D eigenvalue weighted by Crippen LogP contribution is 2.27. The first-order valence-electron chi connectivity index (χ1n) is 6.87. The fraction of sp³-hybridized carbons (Fsp3) is 0.400. The molecule has 3 rings (SSSR count). The summed E-state index contributed by atoms with van der Waals surface area (Å²) in [5.41, 5.74) is 1.62. The van der Waals surface area contributed by atoms with Crippen molar-refractivity contribution in [2.24, 2.45) is 0 Å². The maximum absolute atomic E-state index is 13.7. The Hall–Kier alpha value is -1.88. The first-order valence-corrected chi connectivity index (χ1v) is 6.87. The minimum absolute atomic E-state index is 0.255. The molecule has 1 aliphatic heterocycles. The van der Waals surface area contributed by atoms with Crippen molar-refractivity contribution in [2.45, 2.75) is 18.8 Å². The molecule has 2 N–H and O–H groups in total. The van der Waals surface area contributed by atoms with Gasteiger partial charge in [-0.05, 0) is 37.6 Å². The van der Waals surface area contributed by atoms with Crippen LogP contribution in [0.15, 0.2) is 24.4 Å². The molecule has 0 saturated carbocycles. The van der Waals surface area contributed by atoms with Gasteiger partial charge in [0.05, 0.1) is 19.0 Å². The maximum Gasteiger partial charge on any atom is 0.165 e. The van der Waals surface area contributed by atoms with E-state index in [0.717, 1.165) is 43.0 Å². The van der Waals surface area contributed by atoms with Crippen molar-refractivity contribution in [1.82, 2.24) is 15.3 Å². The summed E-state index contributed by atoms with van der Waals surface area (Å²) in [4.78, 5) is 7.74. The molecule has 0 radical (unpaired) electrons. The topological polar surface area (TPSA) is 49.9 Å². The van der Waals surface area contributed by atoms with Crippen molar-refractivity contribution in [2.75, 3.05) is 20.2 Å². The van der Waals surface area contributed by atoms with E-state index in [-0.39, 0.29) is 11.6 Å². The molecule has 1 aliphatic rings. The molecular weight excluding hydrogens is 257 g/mol. The van der Waals surface area contributed by atoms with E-state index < -0.39 is 0 Å². The molecule has 1 saturated heterocycles. The Morgan fingerprint density at radius 1 is 1.40 bits per heavy atom. The molecule has 1 aromatic carbocycles. The van der Waals surface area contributed by atoms with Gasteiger partial charge in [-0.3, -0.25) is 0 Å². The van der Waals surface area contributed by atoms with E-state index in [0.29, 0.717) is 5.92 Å². The van der Waals surface area contributed by atoms with E-state index in [1.165, 1.54) is 13.2 Å². The molecule has 4 nitrogen and oxygen atoms in total. The fourth-order valence-electron chi connectivity index (χ4n) is 2.61. The number of benzene rings is 1. The van der Waals surface area contributed by atoms with Crippen molar-refractivity contribution in [3.63, 3.8) is 0 Å². The number of ether oxygens (including phenoxy) is 1. The van der Waals surface area contributed by atoms with E-state index in [4.69, 9.17) is 4.74 Å². The predicted molar refractivity (Wildman–Crippen MR) is 75.4 cm³/mol. The van der Waals surface area contributed by atoms with Gasteiger partial charge in [0, 0.05) is 18.0 Å². The third-order valence-electron chi connectivity index (χ3n) is 3.74. The average Bonchev–Trinajstić information content (AvgIpc) is 2.98. The van der Waals surface area contributed by atoms with Crippen molar-refractivity contribution >= 4 is 0 Å². The van der Waals surface area contributed by atoms with E-state index in [1.807, 2.05) is 6.07 Å². The number of nitrogens with one attached hydrogen (secondary N) is 2. The highest BCUT2D eigenvalue weighted by atomic mass is 19.1. The van der Waals surface area contributed by atoms with Gasteiger partial charge < -0.3 is 15.0 Å². The van der Waals surface area contributed by atoms with Crippen LogP contribution in [0.2, 0.25) is 0 Å². The number of hydrogen-bond donors (Lipinski definition) is 2. The smallest absolute Gasteiger partial charge is 0.165 e. The minimum atomic E-state index is -0.361. The summed E-state index contributed by atoms with van der Waals surface area (Å²) in [6.45, 7) is 2.03. The van der Waals surface area contributed by atoms with E-state index in [9.17, 15) is 4.39 Å². The number of hydrogen-bond acceptors (Lipinski definition) is 3. The fourth-order valence-corrected chi connectivity index (χ4v) is 2.61. The van der Waals surface area contributed by atoms with Crippen molar-refractivity contribution < 1.29 is 9.13 Å². The van der Waals surface area contributed by atoms with Gasteiger partial charge in [-0.1, -0.05) is 0 Å². The molecule has 5 heteroatoms. The number of nitrogens with zero attached hydrogens (tertiary/aromatic N) is 1. The van der Waals surface area contributed by atoms with Crippen molar-refractivity contribution in [3.8, 4) is 17.0 Å². The number of halogens is 1. The Labute approximate surface area is 117 Å². The molecule has 1 fully saturated rings. The second kappa shape index (κ2) is 5.63. The Morgan fingerprint density at radius 3 is 3.00 bits per heavy atom. The number of H-pyrrole nitrogens is 1. The van der Waals surface area contributed by atoms with Crippen LogP contribution in [0.3, 0.4) is 0 Å². The number of rotatable bonds is 3. The molecule has 0 aliphatic carbocycles. The van der Waals surface area contributed by atoms with E-state index in [1.54, 1.807) is 12.3 Å². The Kier molecular flexibility index (Phi) is 3.69. The van der Waals surface area contributed by atoms with Crippen LogP contribution >= 0.6 is 0 Å². The molecule has 2 aromatic rings. The minimum Gasteiger partial charge on any atom is -0.494 e. The lowest BCUT2D eigenvalue weighted by Gasteiger charge is -2.20. The number of piperidine rings is 1. The SMILES string of the molecule is COc1ccc(-c2cnc(C3CCCNC3)[nH]2)cc1F. The Bertz CT molecular complexity index is 591. The van der Waals surface area contributed by atoms with Gasteiger partial charge in [0.2, 0.25) is 0 Å². The molecule has 1 atom stereocenters. The zero-order valence-corrected chi connectivity index (χ0v) is 11.4. The molecular formula is C15H18FN3O. The highest BCUT2D eigenvalue weighted by molar-refractivity contribution is 5.60. The predicted octanol–water partition coefficient (Wildman–Crippen LogP) is 2.69. The van der Waals surface area contributed by atoms with Gasteiger partial charge >= 0.3 is 0 Å². The summed E-state index contributed by atoms with van der Waals surface area (Å²) in [6, 6.07) is 4.93. The number of imidazole rings is 1. The number of aromatic nitrogens is 2. The lowest BCUT2D eigenvalue weighted by Crippen LogP contribution is -2.28. The van der Waals surface area contributed by atoms with Crippen LogP contribution in [0, 0.1) is 5.82 Å². The Balaban J connectivity index is 1.84. The van der Waals surface area contributed by atoms with Crippen LogP contribution in [-0.2, 0) is 0 Å². The van der Waals surface area contributed by atoms with E-state index in [2.05, 4.69) is 15.3 Å². The zero-order valence-electron chi connectivity index (χ0n) is 11.4. The molecule has 0 bridgehead atoms. The molecule has 1 aromatic heterocycles. The summed E-state index contributed by atoms with van der Waals surface area (Å²) >= 11 is 0. The summed E-state index contributed by atoms with van der Waals surface area (Å²) < 4.78 is 18.7. The van der Waals surface area contributed by atoms with Gasteiger partial charge in [0.15, 0.2) is 11.6 Å². The number of methoxy groups -OCH3 is 1. The quantitative estimate of drug-likeness (QED) is 0.905. The lowest BCUT2D eigenvalue weighted by molar-refractivity contribution is 0.386. The summed E-state index contributed by atoms with van der Waals surface area (Å²) in [5, 5.41) is 3.37. The monoisotopic (exact) mass is 275 g/mol. The van der Waals surface area contributed by atoms with Crippen LogP contribution in [0.25, 0.3) is 11.3 Å². The summed E-state index contributed by atoms with van der Waals surface area (Å²) in [6.07, 6.45) is 4.07. The largest absolute Gasteiger partial charge is 0.494 e. The van der Waals surface area contributed by atoms with Gasteiger partial charge in [0.25, 0.3) is 0 Å². The van der Waals surface area contributed by atoms with Gasteiger partial charge in [0.1, 0.15) is 5.82 Å². The summed E-state index contributed by atoms with van der Waals surface area (Å²) in [7, 11) is 1.46. The molecule has 2 heterocycles. The molecule has 0 amide bonds. The second-order valence-electron chi connectivity index (χ2n) is 5.07. The number of aromatic amines is 1. The zero-order chi connectivity index (χ0) is 13.9. The first-order chi connectivity index (χ1) is 9.78. The van der Waals surface area contributed by atoms with Crippen LogP contribution in [0.1, 0.15) is 24.6 Å². The maximum atomic E-state index is 13.7. The third kappa shape index (κ3) is 2.54. The summed E-state index contributed by atoms with van der Waals surface area (Å²) in [5.74, 6) is 1.29. The molecule has 0 spiro atoms. The van der Waals surface area contributed by atoms with Crippen LogP contribution in [-0.4, -0.2) is 30.2 Å². The van der Waals surface area contributed by atoms with Crippen LogP contribution < -0.4 is 10.1 Å². The van der Waals surface area contributed by atoms with Gasteiger partial charge in [-0.25, -0.2) is 9.37 Å². The normalized spacial score (nSPS) is 19.0.